The molecule has 1 aromatic heterocycles. The number of hydrogen-bond donors (Lipinski definition) is 2. The molecule has 0 aliphatic heterocycles. The fourth-order valence-electron chi connectivity index (χ4n) is 2.87. The maximum Gasteiger partial charge on any atom is 0.261 e. The van der Waals surface area contributed by atoms with Crippen LogP contribution in [0.5, 0.6) is 0 Å². The number of carbonyl (C=O) groups is 1. The summed E-state index contributed by atoms with van der Waals surface area (Å²) < 4.78 is 27.6. The van der Waals surface area contributed by atoms with Crippen LogP contribution < -0.4 is 10.0 Å². The lowest BCUT2D eigenvalue weighted by atomic mass is 10.0. The van der Waals surface area contributed by atoms with E-state index in [2.05, 4.69) is 20.2 Å². The van der Waals surface area contributed by atoms with Crippen molar-refractivity contribution < 1.29 is 13.2 Å². The molecule has 30 heavy (non-hydrogen) atoms. The van der Waals surface area contributed by atoms with Gasteiger partial charge in [0.15, 0.2) is 0 Å². The van der Waals surface area contributed by atoms with E-state index in [0.717, 1.165) is 5.56 Å². The molecule has 1 amide bonds. The van der Waals surface area contributed by atoms with Gasteiger partial charge in [0.05, 0.1) is 29.9 Å². The van der Waals surface area contributed by atoms with Gasteiger partial charge in [-0.25, -0.2) is 8.42 Å². The van der Waals surface area contributed by atoms with E-state index >= 15 is 0 Å². The monoisotopic (exact) mass is 427 g/mol. The molecule has 8 nitrogen and oxygen atoms in total. The number of nitrogens with one attached hydrogen (secondary N) is 2. The largest absolute Gasteiger partial charge is 0.347 e. The number of aromatic nitrogens is 3. The molecule has 0 fully saturated rings. The number of rotatable bonds is 8. The van der Waals surface area contributed by atoms with Gasteiger partial charge in [0.2, 0.25) is 0 Å². The zero-order valence-electron chi connectivity index (χ0n) is 17.1. The molecule has 1 heterocycles. The predicted octanol–water partition coefficient (Wildman–Crippen LogP) is 2.84. The molecule has 0 bridgehead atoms. The van der Waals surface area contributed by atoms with Crippen molar-refractivity contribution in [2.24, 2.45) is 5.92 Å². The maximum absolute atomic E-state index is 12.6. The lowest BCUT2D eigenvalue weighted by Crippen LogP contribution is -2.42. The van der Waals surface area contributed by atoms with E-state index < -0.39 is 10.0 Å². The number of nitrogens with zero attached hydrogens (tertiary/aromatic N) is 3. The fourth-order valence-corrected chi connectivity index (χ4v) is 4.04. The molecular formula is C21H25N5O3S. The van der Waals surface area contributed by atoms with Crippen LogP contribution in [0.1, 0.15) is 29.8 Å². The average Bonchev–Trinajstić information content (AvgIpc) is 3.21. The van der Waals surface area contributed by atoms with E-state index in [0.29, 0.717) is 17.8 Å². The summed E-state index contributed by atoms with van der Waals surface area (Å²) >= 11 is 0. The van der Waals surface area contributed by atoms with Gasteiger partial charge >= 0.3 is 0 Å². The number of anilines is 1. The first-order chi connectivity index (χ1) is 14.2. The van der Waals surface area contributed by atoms with Crippen molar-refractivity contribution in [2.75, 3.05) is 4.72 Å². The predicted molar refractivity (Wildman–Crippen MR) is 115 cm³/mol. The summed E-state index contributed by atoms with van der Waals surface area (Å²) in [6, 6.07) is 12.8. The number of carbonyl (C=O) groups excluding carboxylic acids is 1. The lowest BCUT2D eigenvalue weighted by Gasteiger charge is -2.22. The van der Waals surface area contributed by atoms with Crippen molar-refractivity contribution in [1.82, 2.24) is 20.3 Å². The molecule has 3 aromatic rings. The third-order valence-corrected chi connectivity index (χ3v) is 6.03. The van der Waals surface area contributed by atoms with Gasteiger partial charge in [-0.3, -0.25) is 9.52 Å². The van der Waals surface area contributed by atoms with Gasteiger partial charge in [-0.1, -0.05) is 26.0 Å². The van der Waals surface area contributed by atoms with Gasteiger partial charge in [0.25, 0.3) is 15.9 Å². The normalized spacial score (nSPS) is 12.5. The van der Waals surface area contributed by atoms with E-state index in [1.807, 2.05) is 26.8 Å². The molecule has 1 unspecified atom stereocenters. The lowest BCUT2D eigenvalue weighted by molar-refractivity contribution is 0.0918. The number of aryl methyl sites for hydroxylation is 1. The highest BCUT2D eigenvalue weighted by atomic mass is 32.2. The van der Waals surface area contributed by atoms with Crippen molar-refractivity contribution in [3.63, 3.8) is 0 Å². The van der Waals surface area contributed by atoms with Gasteiger partial charge in [-0.2, -0.15) is 15.0 Å². The van der Waals surface area contributed by atoms with Gasteiger partial charge in [-0.15, -0.1) is 0 Å². The highest BCUT2D eigenvalue weighted by Crippen LogP contribution is 2.18. The van der Waals surface area contributed by atoms with E-state index in [1.165, 1.54) is 10.9 Å². The second-order valence-corrected chi connectivity index (χ2v) is 9.09. The Labute approximate surface area is 176 Å². The molecule has 0 spiro atoms. The summed E-state index contributed by atoms with van der Waals surface area (Å²) in [5, 5.41) is 11.2. The SMILES string of the molecule is Cc1cccc(S(=O)(=O)Nc2ccc(C(=O)NC(Cn3nccn3)C(C)C)cc2)c1. The molecule has 2 aromatic carbocycles. The summed E-state index contributed by atoms with van der Waals surface area (Å²) in [6.45, 7) is 6.32. The molecule has 0 aliphatic carbocycles. The minimum Gasteiger partial charge on any atom is -0.347 e. The van der Waals surface area contributed by atoms with E-state index in [4.69, 9.17) is 0 Å². The Balaban J connectivity index is 1.67. The first-order valence-corrected chi connectivity index (χ1v) is 11.1. The summed E-state index contributed by atoms with van der Waals surface area (Å²) in [5.74, 6) is -0.0608. The molecule has 0 aliphatic rings. The van der Waals surface area contributed by atoms with Crippen molar-refractivity contribution in [1.29, 1.82) is 0 Å². The number of hydrogen-bond acceptors (Lipinski definition) is 5. The molecule has 2 N–H and O–H groups in total. The molecule has 0 saturated carbocycles. The fraction of sp³-hybridized carbons (Fsp3) is 0.286. The Kier molecular flexibility index (Phi) is 6.51. The standard InChI is InChI=1S/C21H25N5O3S/c1-15(2)20(14-26-22-11-12-23-26)24-21(27)17-7-9-18(10-8-17)25-30(28,29)19-6-4-5-16(3)13-19/h4-13,15,20,25H,14H2,1-3H3,(H,24,27). The van der Waals surface area contributed by atoms with Crippen LogP contribution in [0, 0.1) is 12.8 Å². The Morgan fingerprint density at radius 3 is 2.33 bits per heavy atom. The molecule has 3 rings (SSSR count). The van der Waals surface area contributed by atoms with Crippen molar-refractivity contribution in [3.05, 3.63) is 72.1 Å². The average molecular weight is 428 g/mol. The first kappa shape index (κ1) is 21.5. The highest BCUT2D eigenvalue weighted by molar-refractivity contribution is 7.92. The smallest absolute Gasteiger partial charge is 0.261 e. The quantitative estimate of drug-likeness (QED) is 0.575. The third kappa shape index (κ3) is 5.44. The first-order valence-electron chi connectivity index (χ1n) is 9.59. The van der Waals surface area contributed by atoms with Gasteiger partial charge < -0.3 is 5.32 Å². The molecular weight excluding hydrogens is 402 g/mol. The van der Waals surface area contributed by atoms with Crippen molar-refractivity contribution >= 4 is 21.6 Å². The second-order valence-electron chi connectivity index (χ2n) is 7.41. The summed E-state index contributed by atoms with van der Waals surface area (Å²) in [4.78, 5) is 14.4. The van der Waals surface area contributed by atoms with Crippen molar-refractivity contribution in [2.45, 2.75) is 38.3 Å². The second kappa shape index (κ2) is 9.08. The Morgan fingerprint density at radius 2 is 1.73 bits per heavy atom. The summed E-state index contributed by atoms with van der Waals surface area (Å²) in [5.41, 5.74) is 1.68. The number of amides is 1. The van der Waals surface area contributed by atoms with Crippen LogP contribution in [-0.2, 0) is 16.6 Å². The molecule has 158 valence electrons. The Bertz CT molecular complexity index is 1090. The topological polar surface area (TPSA) is 106 Å². The zero-order valence-corrected chi connectivity index (χ0v) is 17.9. The van der Waals surface area contributed by atoms with Crippen LogP contribution in [0.4, 0.5) is 5.69 Å². The Hall–Kier alpha value is -3.20. The zero-order chi connectivity index (χ0) is 21.7. The van der Waals surface area contributed by atoms with Gasteiger partial charge in [-0.05, 0) is 54.8 Å². The molecule has 1 atom stereocenters. The van der Waals surface area contributed by atoms with E-state index in [9.17, 15) is 13.2 Å². The molecule has 9 heteroatoms. The summed E-state index contributed by atoms with van der Waals surface area (Å²) in [6.07, 6.45) is 3.19. The van der Waals surface area contributed by atoms with Gasteiger partial charge in [0.1, 0.15) is 0 Å². The van der Waals surface area contributed by atoms with Gasteiger partial charge in [0, 0.05) is 11.3 Å². The van der Waals surface area contributed by atoms with E-state index in [1.54, 1.807) is 48.8 Å². The summed E-state index contributed by atoms with van der Waals surface area (Å²) in [7, 11) is -3.70. The van der Waals surface area contributed by atoms with Crippen LogP contribution in [0.2, 0.25) is 0 Å². The molecule has 0 radical (unpaired) electrons. The van der Waals surface area contributed by atoms with Crippen LogP contribution >= 0.6 is 0 Å². The molecule has 0 saturated heterocycles. The van der Waals surface area contributed by atoms with Crippen LogP contribution in [0.3, 0.4) is 0 Å². The van der Waals surface area contributed by atoms with Crippen LogP contribution in [0.25, 0.3) is 0 Å². The van der Waals surface area contributed by atoms with E-state index in [-0.39, 0.29) is 22.8 Å². The maximum atomic E-state index is 12.6. The van der Waals surface area contributed by atoms with Crippen LogP contribution in [-0.4, -0.2) is 35.4 Å². The van der Waals surface area contributed by atoms with Crippen molar-refractivity contribution in [3.8, 4) is 0 Å². The number of sulfonamides is 1. The number of benzene rings is 2. The minimum atomic E-state index is -3.70. The Morgan fingerprint density at radius 1 is 1.07 bits per heavy atom. The minimum absolute atomic E-state index is 0.149. The van der Waals surface area contributed by atoms with Crippen LogP contribution in [0.15, 0.2) is 65.8 Å². The highest BCUT2D eigenvalue weighted by Gasteiger charge is 2.19. The third-order valence-electron chi connectivity index (χ3n) is 4.65.